The fraction of sp³-hybridized carbons (Fsp3) is 0.143. The first-order valence-corrected chi connectivity index (χ1v) is 7.07. The molecule has 1 aliphatic heterocycles. The summed E-state index contributed by atoms with van der Waals surface area (Å²) >= 11 is 1.54. The van der Waals surface area contributed by atoms with Crippen LogP contribution < -0.4 is 19.6 Å². The highest BCUT2D eigenvalue weighted by Gasteiger charge is 2.14. The van der Waals surface area contributed by atoms with Crippen LogP contribution in [-0.4, -0.2) is 25.5 Å². The van der Waals surface area contributed by atoms with Gasteiger partial charge in [0.25, 0.3) is 5.91 Å². The van der Waals surface area contributed by atoms with E-state index in [0.717, 1.165) is 4.88 Å². The van der Waals surface area contributed by atoms with Crippen molar-refractivity contribution in [3.8, 4) is 17.2 Å². The number of nitrogens with one attached hydrogen (secondary N) is 1. The molecule has 1 aliphatic rings. The van der Waals surface area contributed by atoms with Crippen LogP contribution in [0.25, 0.3) is 0 Å². The van der Waals surface area contributed by atoms with Crippen molar-refractivity contribution < 1.29 is 19.0 Å². The minimum atomic E-state index is -0.333. The molecule has 6 nitrogen and oxygen atoms in total. The van der Waals surface area contributed by atoms with Crippen molar-refractivity contribution in [2.45, 2.75) is 0 Å². The van der Waals surface area contributed by atoms with Gasteiger partial charge in [-0.2, -0.15) is 5.10 Å². The molecule has 1 amide bonds. The van der Waals surface area contributed by atoms with Crippen LogP contribution in [0.1, 0.15) is 4.88 Å². The fourth-order valence-corrected chi connectivity index (χ4v) is 2.27. The Balaban J connectivity index is 1.47. The largest absolute Gasteiger partial charge is 0.484 e. The minimum Gasteiger partial charge on any atom is -0.484 e. The van der Waals surface area contributed by atoms with Crippen LogP contribution >= 0.6 is 11.3 Å². The highest BCUT2D eigenvalue weighted by molar-refractivity contribution is 7.11. The summed E-state index contributed by atoms with van der Waals surface area (Å²) in [6.45, 7) is 0.0815. The van der Waals surface area contributed by atoms with Gasteiger partial charge in [-0.15, -0.1) is 11.3 Å². The lowest BCUT2D eigenvalue weighted by atomic mass is 10.3. The summed E-state index contributed by atoms with van der Waals surface area (Å²) in [6, 6.07) is 8.96. The number of nitrogens with zero attached hydrogens (tertiary/aromatic N) is 1. The zero-order chi connectivity index (χ0) is 14.5. The van der Waals surface area contributed by atoms with Gasteiger partial charge in [-0.05, 0) is 23.6 Å². The van der Waals surface area contributed by atoms with Gasteiger partial charge in [0.05, 0.1) is 6.21 Å². The van der Waals surface area contributed by atoms with E-state index in [1.807, 2.05) is 17.5 Å². The number of carbonyl (C=O) groups excluding carboxylic acids is 1. The number of hydrogen-bond donors (Lipinski definition) is 1. The van der Waals surface area contributed by atoms with Crippen molar-refractivity contribution in [2.75, 3.05) is 13.4 Å². The lowest BCUT2D eigenvalue weighted by Gasteiger charge is -2.05. The minimum absolute atomic E-state index is 0.124. The Labute approximate surface area is 125 Å². The topological polar surface area (TPSA) is 69.2 Å². The van der Waals surface area contributed by atoms with Gasteiger partial charge in [0.1, 0.15) is 5.75 Å². The van der Waals surface area contributed by atoms with Crippen LogP contribution in [0, 0.1) is 0 Å². The average Bonchev–Trinajstić information content (AvgIpc) is 3.15. The van der Waals surface area contributed by atoms with E-state index >= 15 is 0 Å². The molecule has 0 atom stereocenters. The molecule has 1 aromatic heterocycles. The van der Waals surface area contributed by atoms with Gasteiger partial charge in [0.15, 0.2) is 18.1 Å². The number of ether oxygens (including phenoxy) is 3. The first kappa shape index (κ1) is 13.4. The third-order valence-electron chi connectivity index (χ3n) is 2.64. The summed E-state index contributed by atoms with van der Waals surface area (Å²) in [4.78, 5) is 12.5. The van der Waals surface area contributed by atoms with Crippen molar-refractivity contribution in [1.82, 2.24) is 5.43 Å². The molecule has 0 aliphatic carbocycles. The monoisotopic (exact) mass is 304 g/mol. The number of benzene rings is 1. The molecule has 108 valence electrons. The molecule has 3 rings (SSSR count). The first-order chi connectivity index (χ1) is 10.3. The Hall–Kier alpha value is -2.54. The summed E-state index contributed by atoms with van der Waals surface area (Å²) < 4.78 is 15.8. The Kier molecular flexibility index (Phi) is 4.02. The molecule has 0 saturated carbocycles. The summed E-state index contributed by atoms with van der Waals surface area (Å²) in [6.07, 6.45) is 1.59. The number of rotatable bonds is 5. The Morgan fingerprint density at radius 2 is 2.29 bits per heavy atom. The van der Waals surface area contributed by atoms with Gasteiger partial charge in [0.2, 0.25) is 6.79 Å². The standard InChI is InChI=1S/C14H12N2O4S/c17-14(16-15-7-11-2-1-5-21-11)8-18-10-3-4-12-13(6-10)20-9-19-12/h1-7H,8-9H2,(H,16,17)/b15-7-. The van der Waals surface area contributed by atoms with Crippen LogP contribution in [0.3, 0.4) is 0 Å². The van der Waals surface area contributed by atoms with Crippen LogP contribution in [0.4, 0.5) is 0 Å². The molecule has 0 bridgehead atoms. The molecule has 2 heterocycles. The predicted octanol–water partition coefficient (Wildman–Crippen LogP) is 2.01. The first-order valence-electron chi connectivity index (χ1n) is 6.19. The number of hydrogen-bond acceptors (Lipinski definition) is 6. The van der Waals surface area contributed by atoms with Gasteiger partial charge in [-0.1, -0.05) is 6.07 Å². The molecule has 1 N–H and O–H groups in total. The number of thiophene rings is 1. The second-order valence-electron chi connectivity index (χ2n) is 4.11. The molecule has 7 heteroatoms. The third-order valence-corrected chi connectivity index (χ3v) is 3.45. The second kappa shape index (κ2) is 6.27. The smallest absolute Gasteiger partial charge is 0.277 e. The molecule has 2 aromatic rings. The fourth-order valence-electron chi connectivity index (χ4n) is 1.68. The lowest BCUT2D eigenvalue weighted by molar-refractivity contribution is -0.123. The molecular weight excluding hydrogens is 292 g/mol. The number of fused-ring (bicyclic) bond motifs is 1. The summed E-state index contributed by atoms with van der Waals surface area (Å²) in [7, 11) is 0. The SMILES string of the molecule is O=C(COc1ccc2c(c1)OCO2)N/N=C\c1cccs1. The zero-order valence-electron chi connectivity index (χ0n) is 10.9. The lowest BCUT2D eigenvalue weighted by Crippen LogP contribution is -2.24. The van der Waals surface area contributed by atoms with Crippen molar-refractivity contribution in [3.05, 3.63) is 40.6 Å². The van der Waals surface area contributed by atoms with E-state index in [1.54, 1.807) is 24.4 Å². The van der Waals surface area contributed by atoms with Crippen molar-refractivity contribution in [3.63, 3.8) is 0 Å². The van der Waals surface area contributed by atoms with Gasteiger partial charge < -0.3 is 14.2 Å². The molecule has 21 heavy (non-hydrogen) atoms. The predicted molar refractivity (Wildman–Crippen MR) is 78.1 cm³/mol. The van der Waals surface area contributed by atoms with E-state index < -0.39 is 0 Å². The van der Waals surface area contributed by atoms with Crippen LogP contribution in [0.5, 0.6) is 17.2 Å². The highest BCUT2D eigenvalue weighted by Crippen LogP contribution is 2.34. The van der Waals surface area contributed by atoms with E-state index in [-0.39, 0.29) is 19.3 Å². The van der Waals surface area contributed by atoms with Gasteiger partial charge in [-0.3, -0.25) is 4.79 Å². The van der Waals surface area contributed by atoms with E-state index in [4.69, 9.17) is 14.2 Å². The number of carbonyl (C=O) groups is 1. The Morgan fingerprint density at radius 1 is 1.38 bits per heavy atom. The van der Waals surface area contributed by atoms with Crippen molar-refractivity contribution >= 4 is 23.5 Å². The maximum absolute atomic E-state index is 11.6. The van der Waals surface area contributed by atoms with Crippen molar-refractivity contribution in [2.24, 2.45) is 5.10 Å². The Morgan fingerprint density at radius 3 is 3.14 bits per heavy atom. The highest BCUT2D eigenvalue weighted by atomic mass is 32.1. The maximum atomic E-state index is 11.6. The van der Waals surface area contributed by atoms with Crippen LogP contribution in [0.15, 0.2) is 40.8 Å². The number of hydrazone groups is 1. The zero-order valence-corrected chi connectivity index (χ0v) is 11.8. The molecule has 0 spiro atoms. The maximum Gasteiger partial charge on any atom is 0.277 e. The summed E-state index contributed by atoms with van der Waals surface area (Å²) in [5, 5.41) is 5.78. The summed E-state index contributed by atoms with van der Waals surface area (Å²) in [5.41, 5.74) is 2.40. The van der Waals surface area contributed by atoms with Crippen molar-refractivity contribution in [1.29, 1.82) is 0 Å². The normalized spacial score (nSPS) is 12.6. The van der Waals surface area contributed by atoms with Crippen LogP contribution in [-0.2, 0) is 4.79 Å². The molecule has 0 saturated heterocycles. The number of amides is 1. The van der Waals surface area contributed by atoms with E-state index in [9.17, 15) is 4.79 Å². The summed E-state index contributed by atoms with van der Waals surface area (Å²) in [5.74, 6) is 1.49. The average molecular weight is 304 g/mol. The molecule has 0 fully saturated rings. The Bertz CT molecular complexity index is 655. The molecule has 0 unspecified atom stereocenters. The molecule has 1 aromatic carbocycles. The van der Waals surface area contributed by atoms with Gasteiger partial charge in [0, 0.05) is 10.9 Å². The van der Waals surface area contributed by atoms with E-state index in [1.165, 1.54) is 11.3 Å². The third kappa shape index (κ3) is 3.51. The van der Waals surface area contributed by atoms with E-state index in [2.05, 4.69) is 10.5 Å². The van der Waals surface area contributed by atoms with Gasteiger partial charge in [-0.25, -0.2) is 5.43 Å². The quantitative estimate of drug-likeness (QED) is 0.677. The van der Waals surface area contributed by atoms with Crippen LogP contribution in [0.2, 0.25) is 0 Å². The van der Waals surface area contributed by atoms with E-state index in [0.29, 0.717) is 17.2 Å². The second-order valence-corrected chi connectivity index (χ2v) is 5.09. The molecule has 0 radical (unpaired) electrons. The molecular formula is C14H12N2O4S. The van der Waals surface area contributed by atoms with Gasteiger partial charge >= 0.3 is 0 Å².